The van der Waals surface area contributed by atoms with E-state index in [1.165, 1.54) is 5.56 Å². The maximum absolute atomic E-state index is 13.6. The van der Waals surface area contributed by atoms with Gasteiger partial charge in [-0.3, -0.25) is 4.79 Å². The fourth-order valence-corrected chi connectivity index (χ4v) is 4.78. The Morgan fingerprint density at radius 2 is 1.75 bits per heavy atom. The van der Waals surface area contributed by atoms with Crippen molar-refractivity contribution in [3.05, 3.63) is 89.5 Å². The third kappa shape index (κ3) is 6.23. The monoisotopic (exact) mass is 483 g/mol. The number of benzene rings is 3. The van der Waals surface area contributed by atoms with E-state index >= 15 is 0 Å². The highest BCUT2D eigenvalue weighted by Crippen LogP contribution is 2.34. The van der Waals surface area contributed by atoms with Crippen molar-refractivity contribution >= 4 is 17.5 Å². The number of para-hydroxylation sites is 1. The minimum Gasteiger partial charge on any atom is -0.496 e. The number of hydrogen-bond acceptors (Lipinski definition) is 5. The van der Waals surface area contributed by atoms with Gasteiger partial charge in [-0.25, -0.2) is 0 Å². The normalized spacial score (nSPS) is 14.9. The maximum Gasteiger partial charge on any atom is 0.187 e. The summed E-state index contributed by atoms with van der Waals surface area (Å²) in [6, 6.07) is 22.5. The molecule has 4 rings (SSSR count). The molecule has 5 nitrogen and oxygen atoms in total. The zero-order valence-corrected chi connectivity index (χ0v) is 21.9. The van der Waals surface area contributed by atoms with E-state index in [2.05, 4.69) is 60.1 Å². The standard InChI is InChI=1S/C31H37N3O2/c1-32(2)23-26-11-6-5-10-24(26)15-17-30(35)28-16-14-25(27-12-7-8-13-31(27)36-4)22-29(28)34-19-9-18-33(3)20-21-34/h5-8,10-17,22H,9,18-21,23H2,1-4H3/b17-15+. The Labute approximate surface area is 215 Å². The molecular weight excluding hydrogens is 446 g/mol. The SMILES string of the molecule is COc1ccccc1-c1ccc(C(=O)/C=C/c2ccccc2CN(C)C)c(N2CCCN(C)CC2)c1. The molecule has 1 heterocycles. The molecule has 3 aromatic rings. The van der Waals surface area contributed by atoms with Crippen LogP contribution in [0.1, 0.15) is 27.9 Å². The third-order valence-corrected chi connectivity index (χ3v) is 6.70. The smallest absolute Gasteiger partial charge is 0.187 e. The largest absolute Gasteiger partial charge is 0.496 e. The van der Waals surface area contributed by atoms with E-state index in [9.17, 15) is 4.79 Å². The van der Waals surface area contributed by atoms with Crippen molar-refractivity contribution in [3.63, 3.8) is 0 Å². The number of carbonyl (C=O) groups is 1. The van der Waals surface area contributed by atoms with Gasteiger partial charge in [-0.15, -0.1) is 0 Å². The average Bonchev–Trinajstić information content (AvgIpc) is 3.11. The highest BCUT2D eigenvalue weighted by Gasteiger charge is 2.20. The second-order valence-electron chi connectivity index (χ2n) is 9.71. The first-order chi connectivity index (χ1) is 17.5. The Hall–Kier alpha value is -3.41. The summed E-state index contributed by atoms with van der Waals surface area (Å²) in [6.45, 7) is 4.68. The predicted octanol–water partition coefficient (Wildman–Crippen LogP) is 5.46. The number of anilines is 1. The van der Waals surface area contributed by atoms with E-state index in [-0.39, 0.29) is 5.78 Å². The number of rotatable bonds is 8. The summed E-state index contributed by atoms with van der Waals surface area (Å²) in [7, 11) is 7.97. The van der Waals surface area contributed by atoms with Crippen LogP contribution in [-0.4, -0.2) is 70.0 Å². The molecule has 0 N–H and O–H groups in total. The average molecular weight is 484 g/mol. The molecule has 188 valence electrons. The fraction of sp³-hybridized carbons (Fsp3) is 0.323. The first-order valence-corrected chi connectivity index (χ1v) is 12.6. The number of carbonyl (C=O) groups excluding carboxylic acids is 1. The second kappa shape index (κ2) is 12.0. The van der Waals surface area contributed by atoms with Gasteiger partial charge in [0.05, 0.1) is 7.11 Å². The number of ketones is 1. The van der Waals surface area contributed by atoms with Gasteiger partial charge in [-0.05, 0) is 75.1 Å². The van der Waals surface area contributed by atoms with Gasteiger partial charge in [-0.2, -0.15) is 0 Å². The van der Waals surface area contributed by atoms with Gasteiger partial charge in [0, 0.05) is 43.0 Å². The molecule has 1 fully saturated rings. The van der Waals surface area contributed by atoms with Crippen molar-refractivity contribution in [1.82, 2.24) is 9.80 Å². The molecule has 0 bridgehead atoms. The van der Waals surface area contributed by atoms with E-state index in [1.807, 2.05) is 48.5 Å². The molecular formula is C31H37N3O2. The van der Waals surface area contributed by atoms with Crippen LogP contribution in [0.25, 0.3) is 17.2 Å². The molecule has 1 aliphatic heterocycles. The molecule has 1 saturated heterocycles. The first-order valence-electron chi connectivity index (χ1n) is 12.6. The fourth-order valence-electron chi connectivity index (χ4n) is 4.78. The molecule has 0 saturated carbocycles. The summed E-state index contributed by atoms with van der Waals surface area (Å²) < 4.78 is 5.62. The minimum absolute atomic E-state index is 0.0221. The van der Waals surface area contributed by atoms with Gasteiger partial charge in [-0.1, -0.05) is 54.6 Å². The van der Waals surface area contributed by atoms with Gasteiger partial charge in [0.2, 0.25) is 0 Å². The van der Waals surface area contributed by atoms with E-state index in [0.29, 0.717) is 0 Å². The van der Waals surface area contributed by atoms with Gasteiger partial charge in [0.15, 0.2) is 5.78 Å². The van der Waals surface area contributed by atoms with Crippen molar-refractivity contribution in [2.24, 2.45) is 0 Å². The van der Waals surface area contributed by atoms with Crippen molar-refractivity contribution in [2.75, 3.05) is 59.3 Å². The Morgan fingerprint density at radius 3 is 2.56 bits per heavy atom. The Balaban J connectivity index is 1.71. The van der Waals surface area contributed by atoms with E-state index in [4.69, 9.17) is 4.74 Å². The molecule has 0 amide bonds. The highest BCUT2D eigenvalue weighted by molar-refractivity contribution is 6.11. The Morgan fingerprint density at radius 1 is 0.972 bits per heavy atom. The number of hydrogen-bond donors (Lipinski definition) is 0. The number of methoxy groups -OCH3 is 1. The van der Waals surface area contributed by atoms with Crippen molar-refractivity contribution in [3.8, 4) is 16.9 Å². The summed E-state index contributed by atoms with van der Waals surface area (Å²) in [6.07, 6.45) is 4.74. The lowest BCUT2D eigenvalue weighted by Crippen LogP contribution is -2.29. The van der Waals surface area contributed by atoms with Crippen LogP contribution in [0.2, 0.25) is 0 Å². The molecule has 0 unspecified atom stereocenters. The van der Waals surface area contributed by atoms with Crippen molar-refractivity contribution < 1.29 is 9.53 Å². The van der Waals surface area contributed by atoms with Crippen LogP contribution >= 0.6 is 0 Å². The molecule has 36 heavy (non-hydrogen) atoms. The number of nitrogens with zero attached hydrogens (tertiary/aromatic N) is 3. The van der Waals surface area contributed by atoms with Gasteiger partial charge in [0.25, 0.3) is 0 Å². The summed E-state index contributed by atoms with van der Waals surface area (Å²) in [5.74, 6) is 0.851. The van der Waals surface area contributed by atoms with Crippen LogP contribution in [0.3, 0.4) is 0 Å². The van der Waals surface area contributed by atoms with Crippen molar-refractivity contribution in [2.45, 2.75) is 13.0 Å². The van der Waals surface area contributed by atoms with Gasteiger partial charge >= 0.3 is 0 Å². The van der Waals surface area contributed by atoms with Crippen LogP contribution in [0, 0.1) is 0 Å². The van der Waals surface area contributed by atoms with E-state index < -0.39 is 0 Å². The molecule has 0 aliphatic carbocycles. The Kier molecular flexibility index (Phi) is 8.57. The molecule has 0 radical (unpaired) electrons. The number of ether oxygens (including phenoxy) is 1. The maximum atomic E-state index is 13.6. The topological polar surface area (TPSA) is 36.0 Å². The molecule has 1 aliphatic rings. The summed E-state index contributed by atoms with van der Waals surface area (Å²) >= 11 is 0. The highest BCUT2D eigenvalue weighted by atomic mass is 16.5. The van der Waals surface area contributed by atoms with E-state index in [0.717, 1.165) is 72.8 Å². The Bertz CT molecular complexity index is 1220. The third-order valence-electron chi connectivity index (χ3n) is 6.70. The van der Waals surface area contributed by atoms with Crippen LogP contribution < -0.4 is 9.64 Å². The zero-order chi connectivity index (χ0) is 25.5. The predicted molar refractivity (Wildman–Crippen MR) is 150 cm³/mol. The lowest BCUT2D eigenvalue weighted by Gasteiger charge is -2.26. The van der Waals surface area contributed by atoms with Gasteiger partial charge < -0.3 is 19.4 Å². The van der Waals surface area contributed by atoms with Gasteiger partial charge in [0.1, 0.15) is 5.75 Å². The minimum atomic E-state index is 0.0221. The summed E-state index contributed by atoms with van der Waals surface area (Å²) in [5, 5.41) is 0. The molecule has 5 heteroatoms. The number of allylic oxidation sites excluding steroid dienone is 1. The quantitative estimate of drug-likeness (QED) is 0.314. The van der Waals surface area contributed by atoms with Crippen LogP contribution in [0.4, 0.5) is 5.69 Å². The second-order valence-corrected chi connectivity index (χ2v) is 9.71. The van der Waals surface area contributed by atoms with Crippen LogP contribution in [0.5, 0.6) is 5.75 Å². The summed E-state index contributed by atoms with van der Waals surface area (Å²) in [4.78, 5) is 20.4. The lowest BCUT2D eigenvalue weighted by molar-refractivity contribution is 0.104. The molecule has 0 atom stereocenters. The molecule has 3 aromatic carbocycles. The van der Waals surface area contributed by atoms with Crippen LogP contribution in [-0.2, 0) is 6.54 Å². The molecule has 0 aromatic heterocycles. The van der Waals surface area contributed by atoms with Crippen LogP contribution in [0.15, 0.2) is 72.8 Å². The lowest BCUT2D eigenvalue weighted by atomic mass is 9.98. The first kappa shape index (κ1) is 25.7. The summed E-state index contributed by atoms with van der Waals surface area (Å²) in [5.41, 5.74) is 6.08. The van der Waals surface area contributed by atoms with Crippen molar-refractivity contribution in [1.29, 1.82) is 0 Å². The zero-order valence-electron chi connectivity index (χ0n) is 21.9. The number of likely N-dealkylation sites (N-methyl/N-ethyl adjacent to an activating group) is 1. The van der Waals surface area contributed by atoms with E-state index in [1.54, 1.807) is 13.2 Å². The molecule has 0 spiro atoms.